The lowest BCUT2D eigenvalue weighted by Crippen LogP contribution is -2.13. The van der Waals surface area contributed by atoms with Crippen molar-refractivity contribution in [3.8, 4) is 5.75 Å². The highest BCUT2D eigenvalue weighted by atomic mass is 19.1. The van der Waals surface area contributed by atoms with Crippen LogP contribution in [0.3, 0.4) is 0 Å². The average Bonchev–Trinajstić information content (AvgIpc) is 2.48. The second kappa shape index (κ2) is 11.4. The summed E-state index contributed by atoms with van der Waals surface area (Å²) in [7, 11) is 1.62. The van der Waals surface area contributed by atoms with E-state index in [1.165, 1.54) is 6.07 Å². The van der Waals surface area contributed by atoms with Crippen LogP contribution in [0, 0.1) is 5.82 Å². The number of nitrogens with two attached hydrogens (primary N) is 1. The van der Waals surface area contributed by atoms with E-state index in [1.807, 2.05) is 6.07 Å². The lowest BCUT2D eigenvalue weighted by molar-refractivity contribution is 0.0176. The summed E-state index contributed by atoms with van der Waals surface area (Å²) in [4.78, 5) is 0. The van der Waals surface area contributed by atoms with Crippen LogP contribution >= 0.6 is 0 Å². The Bertz CT molecular complexity index is 390. The van der Waals surface area contributed by atoms with Crippen molar-refractivity contribution in [3.05, 3.63) is 29.6 Å². The van der Waals surface area contributed by atoms with E-state index in [0.717, 1.165) is 5.56 Å². The van der Waals surface area contributed by atoms with E-state index < -0.39 is 0 Å². The molecular weight excluding hydrogens is 277 g/mol. The van der Waals surface area contributed by atoms with Crippen molar-refractivity contribution in [1.29, 1.82) is 0 Å². The van der Waals surface area contributed by atoms with Crippen LogP contribution in [-0.2, 0) is 20.6 Å². The Morgan fingerprint density at radius 3 is 2.33 bits per heavy atom. The summed E-state index contributed by atoms with van der Waals surface area (Å²) in [5, 5.41) is 0. The third kappa shape index (κ3) is 7.38. The molecule has 0 unspecified atom stereocenters. The van der Waals surface area contributed by atoms with E-state index in [2.05, 4.69) is 0 Å². The molecule has 0 aromatic heterocycles. The van der Waals surface area contributed by atoms with Gasteiger partial charge in [0.05, 0.1) is 33.0 Å². The van der Waals surface area contributed by atoms with Crippen LogP contribution < -0.4 is 10.5 Å². The van der Waals surface area contributed by atoms with Gasteiger partial charge in [0.25, 0.3) is 0 Å². The average molecular weight is 301 g/mol. The third-order valence-corrected chi connectivity index (χ3v) is 2.74. The zero-order valence-electron chi connectivity index (χ0n) is 12.5. The molecule has 0 bridgehead atoms. The van der Waals surface area contributed by atoms with Crippen molar-refractivity contribution in [1.82, 2.24) is 0 Å². The number of benzene rings is 1. The molecule has 0 aliphatic rings. The number of halogens is 1. The fraction of sp³-hybridized carbons (Fsp3) is 0.600. The molecule has 21 heavy (non-hydrogen) atoms. The van der Waals surface area contributed by atoms with E-state index in [9.17, 15) is 4.39 Å². The predicted molar refractivity (Wildman–Crippen MR) is 78.2 cm³/mol. The molecule has 0 amide bonds. The number of hydrogen-bond donors (Lipinski definition) is 1. The van der Waals surface area contributed by atoms with E-state index in [0.29, 0.717) is 46.0 Å². The zero-order chi connectivity index (χ0) is 15.3. The predicted octanol–water partition coefficient (Wildman–Crippen LogP) is 1.39. The Balaban J connectivity index is 2.18. The molecule has 0 radical (unpaired) electrons. The fourth-order valence-corrected chi connectivity index (χ4v) is 1.73. The SMILES string of the molecule is COCCOCCOCCOc1c(F)cccc1CCN. The number of ether oxygens (including phenoxy) is 4. The third-order valence-electron chi connectivity index (χ3n) is 2.74. The second-order valence-corrected chi connectivity index (χ2v) is 4.33. The van der Waals surface area contributed by atoms with E-state index in [4.69, 9.17) is 24.7 Å². The van der Waals surface area contributed by atoms with Crippen molar-refractivity contribution in [2.45, 2.75) is 6.42 Å². The van der Waals surface area contributed by atoms with Crippen LogP contribution in [0.25, 0.3) is 0 Å². The highest BCUT2D eigenvalue weighted by molar-refractivity contribution is 5.35. The van der Waals surface area contributed by atoms with E-state index in [1.54, 1.807) is 13.2 Å². The van der Waals surface area contributed by atoms with Gasteiger partial charge in [0.15, 0.2) is 11.6 Å². The summed E-state index contributed by atoms with van der Waals surface area (Å²) < 4.78 is 34.6. The van der Waals surface area contributed by atoms with Gasteiger partial charge in [0.1, 0.15) is 6.61 Å². The molecule has 1 rings (SSSR count). The normalized spacial score (nSPS) is 10.8. The molecule has 0 aliphatic carbocycles. The van der Waals surface area contributed by atoms with Gasteiger partial charge >= 0.3 is 0 Å². The van der Waals surface area contributed by atoms with Crippen molar-refractivity contribution in [2.75, 3.05) is 53.3 Å². The Labute approximate surface area is 125 Å². The van der Waals surface area contributed by atoms with Crippen LogP contribution in [-0.4, -0.2) is 53.3 Å². The first-order chi connectivity index (χ1) is 10.3. The van der Waals surface area contributed by atoms with Crippen LogP contribution in [0.4, 0.5) is 4.39 Å². The molecule has 1 aromatic rings. The number of para-hydroxylation sites is 1. The van der Waals surface area contributed by atoms with Crippen LogP contribution in [0.5, 0.6) is 5.75 Å². The number of methoxy groups -OCH3 is 1. The molecule has 1 aromatic carbocycles. The first-order valence-corrected chi connectivity index (χ1v) is 7.04. The van der Waals surface area contributed by atoms with Gasteiger partial charge in [-0.2, -0.15) is 0 Å². The maximum Gasteiger partial charge on any atom is 0.165 e. The molecule has 0 aliphatic heterocycles. The van der Waals surface area contributed by atoms with E-state index >= 15 is 0 Å². The molecule has 0 saturated heterocycles. The molecule has 0 heterocycles. The van der Waals surface area contributed by atoms with Crippen molar-refractivity contribution < 1.29 is 23.3 Å². The van der Waals surface area contributed by atoms with Crippen molar-refractivity contribution in [3.63, 3.8) is 0 Å². The van der Waals surface area contributed by atoms with Gasteiger partial charge in [-0.15, -0.1) is 0 Å². The minimum atomic E-state index is -0.371. The Kier molecular flexibility index (Phi) is 9.73. The van der Waals surface area contributed by atoms with Gasteiger partial charge in [-0.1, -0.05) is 12.1 Å². The molecule has 2 N–H and O–H groups in total. The van der Waals surface area contributed by atoms with Gasteiger partial charge < -0.3 is 24.7 Å². The van der Waals surface area contributed by atoms with Gasteiger partial charge in [-0.25, -0.2) is 4.39 Å². The first kappa shape index (κ1) is 17.8. The summed E-state index contributed by atoms with van der Waals surface area (Å²) in [6, 6.07) is 4.84. The van der Waals surface area contributed by atoms with Crippen molar-refractivity contribution >= 4 is 0 Å². The molecular formula is C15H24FNO4. The summed E-state index contributed by atoms with van der Waals surface area (Å²) in [6.45, 7) is 3.21. The minimum absolute atomic E-state index is 0.267. The lowest BCUT2D eigenvalue weighted by Gasteiger charge is -2.12. The summed E-state index contributed by atoms with van der Waals surface area (Å²) >= 11 is 0. The lowest BCUT2D eigenvalue weighted by atomic mass is 10.1. The highest BCUT2D eigenvalue weighted by Crippen LogP contribution is 2.22. The van der Waals surface area contributed by atoms with Crippen LogP contribution in [0.2, 0.25) is 0 Å². The highest BCUT2D eigenvalue weighted by Gasteiger charge is 2.08. The summed E-state index contributed by atoms with van der Waals surface area (Å²) in [5.41, 5.74) is 6.28. The standard InChI is InChI=1S/C15H24FNO4/c1-18-7-8-19-9-10-20-11-12-21-15-13(5-6-17)3-2-4-14(15)16/h2-4H,5-12,17H2,1H3. The van der Waals surface area contributed by atoms with Gasteiger partial charge in [-0.05, 0) is 24.6 Å². The number of rotatable bonds is 12. The maximum atomic E-state index is 13.7. The summed E-state index contributed by atoms with van der Waals surface area (Å²) in [6.07, 6.45) is 0.585. The Morgan fingerprint density at radius 1 is 1.00 bits per heavy atom. The van der Waals surface area contributed by atoms with Gasteiger partial charge in [0.2, 0.25) is 0 Å². The van der Waals surface area contributed by atoms with Crippen LogP contribution in [0.15, 0.2) is 18.2 Å². The van der Waals surface area contributed by atoms with Gasteiger partial charge in [-0.3, -0.25) is 0 Å². The molecule has 0 atom stereocenters. The topological polar surface area (TPSA) is 62.9 Å². The Hall–Kier alpha value is -1.21. The molecule has 5 nitrogen and oxygen atoms in total. The zero-order valence-corrected chi connectivity index (χ0v) is 12.5. The smallest absolute Gasteiger partial charge is 0.165 e. The Morgan fingerprint density at radius 2 is 1.67 bits per heavy atom. The first-order valence-electron chi connectivity index (χ1n) is 7.04. The molecule has 120 valence electrons. The molecule has 0 fully saturated rings. The number of hydrogen-bond acceptors (Lipinski definition) is 5. The van der Waals surface area contributed by atoms with Crippen molar-refractivity contribution in [2.24, 2.45) is 5.73 Å². The van der Waals surface area contributed by atoms with E-state index in [-0.39, 0.29) is 18.2 Å². The second-order valence-electron chi connectivity index (χ2n) is 4.33. The molecule has 0 saturated carbocycles. The summed E-state index contributed by atoms with van der Waals surface area (Å²) in [5.74, 6) is -0.105. The molecule has 6 heteroatoms. The monoisotopic (exact) mass is 301 g/mol. The quantitative estimate of drug-likeness (QED) is 0.591. The maximum absolute atomic E-state index is 13.7. The van der Waals surface area contributed by atoms with Crippen LogP contribution in [0.1, 0.15) is 5.56 Å². The molecule has 0 spiro atoms. The van der Waals surface area contributed by atoms with Gasteiger partial charge in [0, 0.05) is 7.11 Å². The minimum Gasteiger partial charge on any atom is -0.488 e. The fourth-order valence-electron chi connectivity index (χ4n) is 1.73. The largest absolute Gasteiger partial charge is 0.488 e.